The van der Waals surface area contributed by atoms with E-state index < -0.39 is 17.5 Å². The molecule has 0 unspecified atom stereocenters. The number of nitro benzene ring substituents is 1. The second-order valence-electron chi connectivity index (χ2n) is 5.70. The van der Waals surface area contributed by atoms with Crippen LogP contribution < -0.4 is 9.47 Å². The molecule has 2 aromatic carbocycles. The van der Waals surface area contributed by atoms with Crippen molar-refractivity contribution in [1.82, 2.24) is 10.2 Å². The number of nitrogens with zero attached hydrogens (tertiary/aromatic N) is 3. The van der Waals surface area contributed by atoms with E-state index in [0.717, 1.165) is 6.07 Å². The number of esters is 1. The van der Waals surface area contributed by atoms with Crippen molar-refractivity contribution in [1.29, 1.82) is 0 Å². The first kappa shape index (κ1) is 18.2. The van der Waals surface area contributed by atoms with Gasteiger partial charge < -0.3 is 13.9 Å². The quantitative estimate of drug-likeness (QED) is 0.212. The topological polar surface area (TPSA) is 118 Å². The maximum atomic E-state index is 12.7. The highest BCUT2D eigenvalue weighted by Crippen LogP contribution is 2.37. The van der Waals surface area contributed by atoms with Crippen molar-refractivity contribution in [2.75, 3.05) is 0 Å². The molecule has 0 atom stereocenters. The number of carbonyl (C=O) groups excluding carboxylic acids is 1. The summed E-state index contributed by atoms with van der Waals surface area (Å²) in [5, 5.41) is 18.6. The summed E-state index contributed by atoms with van der Waals surface area (Å²) in [6.45, 7) is -3.10. The average molecular weight is 401 g/mol. The van der Waals surface area contributed by atoms with Crippen LogP contribution in [-0.4, -0.2) is 27.7 Å². The summed E-state index contributed by atoms with van der Waals surface area (Å²) in [5.74, 6) is -1.03. The Morgan fingerprint density at radius 2 is 1.83 bits per heavy atom. The standard InChI is InChI=1S/C18H9F2N3O6/c19-18(20)29-13-6-5-11(15-12-7-21-22-8-14(12)28-16(13)15)17(24)27-10-3-1-9(2-4-10)23(25)26/h1-8,18H. The van der Waals surface area contributed by atoms with E-state index in [4.69, 9.17) is 9.15 Å². The second-order valence-corrected chi connectivity index (χ2v) is 5.70. The number of nitro groups is 1. The van der Waals surface area contributed by atoms with Crippen LogP contribution in [0.2, 0.25) is 0 Å². The van der Waals surface area contributed by atoms with E-state index in [2.05, 4.69) is 14.9 Å². The van der Waals surface area contributed by atoms with Gasteiger partial charge in [-0.3, -0.25) is 10.1 Å². The molecule has 9 nitrogen and oxygen atoms in total. The predicted octanol–water partition coefficient (Wildman–Crippen LogP) is 4.10. The van der Waals surface area contributed by atoms with Crippen LogP contribution in [-0.2, 0) is 0 Å². The van der Waals surface area contributed by atoms with Gasteiger partial charge in [-0.2, -0.15) is 19.0 Å². The molecule has 29 heavy (non-hydrogen) atoms. The molecule has 0 saturated carbocycles. The van der Waals surface area contributed by atoms with Crippen LogP contribution in [0.5, 0.6) is 11.5 Å². The molecule has 0 amide bonds. The number of carbonyl (C=O) groups is 1. The number of furan rings is 1. The molecular formula is C18H9F2N3O6. The maximum Gasteiger partial charge on any atom is 0.387 e. The first-order valence-electron chi connectivity index (χ1n) is 8.01. The van der Waals surface area contributed by atoms with Gasteiger partial charge in [0, 0.05) is 17.5 Å². The van der Waals surface area contributed by atoms with Crippen LogP contribution in [0.25, 0.3) is 21.9 Å². The predicted molar refractivity (Wildman–Crippen MR) is 94.0 cm³/mol. The van der Waals surface area contributed by atoms with E-state index >= 15 is 0 Å². The van der Waals surface area contributed by atoms with Crippen molar-refractivity contribution in [2.24, 2.45) is 0 Å². The third kappa shape index (κ3) is 3.40. The van der Waals surface area contributed by atoms with Crippen molar-refractivity contribution in [3.8, 4) is 11.5 Å². The lowest BCUT2D eigenvalue weighted by molar-refractivity contribution is -0.384. The minimum Gasteiger partial charge on any atom is -0.450 e. The van der Waals surface area contributed by atoms with Crippen LogP contribution in [0.3, 0.4) is 0 Å². The Balaban J connectivity index is 1.78. The summed E-state index contributed by atoms with van der Waals surface area (Å²) in [6.07, 6.45) is 2.59. The first-order chi connectivity index (χ1) is 13.9. The van der Waals surface area contributed by atoms with E-state index in [1.54, 1.807) is 0 Å². The number of benzene rings is 2. The molecule has 2 aromatic heterocycles. The van der Waals surface area contributed by atoms with Crippen molar-refractivity contribution >= 4 is 33.6 Å². The lowest BCUT2D eigenvalue weighted by Gasteiger charge is -2.08. The molecule has 0 spiro atoms. The van der Waals surface area contributed by atoms with Gasteiger partial charge in [0.25, 0.3) is 5.69 Å². The lowest BCUT2D eigenvalue weighted by Crippen LogP contribution is -2.10. The summed E-state index contributed by atoms with van der Waals surface area (Å²) in [7, 11) is 0. The highest BCUT2D eigenvalue weighted by atomic mass is 19.3. The van der Waals surface area contributed by atoms with Crippen molar-refractivity contribution in [2.45, 2.75) is 6.61 Å². The first-order valence-corrected chi connectivity index (χ1v) is 8.01. The van der Waals surface area contributed by atoms with Gasteiger partial charge in [0.15, 0.2) is 16.9 Å². The zero-order chi connectivity index (χ0) is 20.5. The Hall–Kier alpha value is -4.15. The van der Waals surface area contributed by atoms with Crippen LogP contribution >= 0.6 is 0 Å². The summed E-state index contributed by atoms with van der Waals surface area (Å²) in [6, 6.07) is 7.30. The van der Waals surface area contributed by atoms with E-state index in [9.17, 15) is 23.7 Å². The van der Waals surface area contributed by atoms with Gasteiger partial charge >= 0.3 is 12.6 Å². The molecule has 0 bridgehead atoms. The Labute approximate surface area is 159 Å². The van der Waals surface area contributed by atoms with Gasteiger partial charge in [-0.05, 0) is 24.3 Å². The highest BCUT2D eigenvalue weighted by Gasteiger charge is 2.23. The molecule has 0 radical (unpaired) electrons. The fourth-order valence-electron chi connectivity index (χ4n) is 2.78. The van der Waals surface area contributed by atoms with Crippen molar-refractivity contribution in [3.63, 3.8) is 0 Å². The summed E-state index contributed by atoms with van der Waals surface area (Å²) >= 11 is 0. The van der Waals surface area contributed by atoms with Crippen LogP contribution in [0.15, 0.2) is 53.2 Å². The minimum absolute atomic E-state index is 0.00622. The van der Waals surface area contributed by atoms with Gasteiger partial charge in [0.1, 0.15) is 5.75 Å². The second kappa shape index (κ2) is 7.11. The number of hydrogen-bond acceptors (Lipinski definition) is 8. The molecule has 0 fully saturated rings. The molecule has 0 aliphatic rings. The smallest absolute Gasteiger partial charge is 0.387 e. The van der Waals surface area contributed by atoms with Gasteiger partial charge in [0.2, 0.25) is 0 Å². The lowest BCUT2D eigenvalue weighted by atomic mass is 10.1. The van der Waals surface area contributed by atoms with E-state index in [1.165, 1.54) is 42.7 Å². The number of ether oxygens (including phenoxy) is 2. The Morgan fingerprint density at radius 3 is 2.52 bits per heavy atom. The van der Waals surface area contributed by atoms with Gasteiger partial charge in [-0.1, -0.05) is 0 Å². The van der Waals surface area contributed by atoms with Crippen LogP contribution in [0.1, 0.15) is 10.4 Å². The molecule has 146 valence electrons. The van der Waals surface area contributed by atoms with E-state index in [1.807, 2.05) is 0 Å². The molecule has 4 aromatic rings. The fraction of sp³-hybridized carbons (Fsp3) is 0.0556. The number of fused-ring (bicyclic) bond motifs is 3. The minimum atomic E-state index is -3.10. The Morgan fingerprint density at radius 1 is 1.10 bits per heavy atom. The largest absolute Gasteiger partial charge is 0.450 e. The van der Waals surface area contributed by atoms with Gasteiger partial charge in [-0.15, -0.1) is 0 Å². The number of halogens is 2. The van der Waals surface area contributed by atoms with Crippen LogP contribution in [0.4, 0.5) is 14.5 Å². The van der Waals surface area contributed by atoms with Gasteiger partial charge in [0.05, 0.1) is 28.3 Å². The number of aromatic nitrogens is 2. The molecule has 4 rings (SSSR count). The molecule has 11 heteroatoms. The van der Waals surface area contributed by atoms with E-state index in [-0.39, 0.29) is 39.3 Å². The Bertz CT molecular complexity index is 1240. The Kier molecular flexibility index (Phi) is 4.47. The zero-order valence-electron chi connectivity index (χ0n) is 14.2. The fourth-order valence-corrected chi connectivity index (χ4v) is 2.78. The molecule has 0 aliphatic carbocycles. The van der Waals surface area contributed by atoms with E-state index in [0.29, 0.717) is 5.39 Å². The molecule has 0 aliphatic heterocycles. The number of hydrogen-bond donors (Lipinski definition) is 0. The number of alkyl halides is 2. The van der Waals surface area contributed by atoms with Crippen LogP contribution in [0, 0.1) is 10.1 Å². The molecule has 0 N–H and O–H groups in total. The number of rotatable bonds is 5. The zero-order valence-corrected chi connectivity index (χ0v) is 14.2. The van der Waals surface area contributed by atoms with Gasteiger partial charge in [-0.25, -0.2) is 4.79 Å². The normalized spacial score (nSPS) is 11.1. The number of non-ortho nitro benzene ring substituents is 1. The maximum absolute atomic E-state index is 12.7. The molecular weight excluding hydrogens is 392 g/mol. The third-order valence-corrected chi connectivity index (χ3v) is 3.99. The highest BCUT2D eigenvalue weighted by molar-refractivity contribution is 6.16. The van der Waals surface area contributed by atoms with Crippen molar-refractivity contribution < 1.29 is 32.4 Å². The summed E-state index contributed by atoms with van der Waals surface area (Å²) < 4.78 is 40.7. The SMILES string of the molecule is O=C(Oc1ccc([N+](=O)[O-])cc1)c1ccc(OC(F)F)c2oc3cnncc3c12. The summed E-state index contributed by atoms with van der Waals surface area (Å²) in [4.78, 5) is 22.8. The average Bonchev–Trinajstić information content (AvgIpc) is 3.08. The molecule has 2 heterocycles. The summed E-state index contributed by atoms with van der Waals surface area (Å²) in [5.41, 5.74) is -0.0373. The van der Waals surface area contributed by atoms with Crippen molar-refractivity contribution in [3.05, 3.63) is 64.5 Å². The molecule has 0 saturated heterocycles. The monoisotopic (exact) mass is 401 g/mol. The third-order valence-electron chi connectivity index (χ3n) is 3.99.